The van der Waals surface area contributed by atoms with E-state index in [1.54, 1.807) is 35.8 Å². The van der Waals surface area contributed by atoms with Crippen molar-refractivity contribution in [2.75, 3.05) is 10.6 Å². The molecule has 1 heterocycles. The molecule has 0 spiro atoms. The average molecular weight is 337 g/mol. The molecule has 3 aromatic rings. The van der Waals surface area contributed by atoms with Gasteiger partial charge in [-0.05, 0) is 17.7 Å². The van der Waals surface area contributed by atoms with Gasteiger partial charge >= 0.3 is 0 Å². The molecule has 1 aromatic heterocycles. The molecular formula is C18H15N3O2S. The summed E-state index contributed by atoms with van der Waals surface area (Å²) in [6, 6.07) is 16.4. The Morgan fingerprint density at radius 2 is 1.71 bits per heavy atom. The monoisotopic (exact) mass is 337 g/mol. The molecule has 120 valence electrons. The van der Waals surface area contributed by atoms with Crippen LogP contribution in [0.2, 0.25) is 0 Å². The van der Waals surface area contributed by atoms with Crippen molar-refractivity contribution in [3.05, 3.63) is 77.3 Å². The fourth-order valence-electron chi connectivity index (χ4n) is 2.22. The van der Waals surface area contributed by atoms with Gasteiger partial charge in [-0.1, -0.05) is 42.5 Å². The molecule has 2 aromatic carbocycles. The lowest BCUT2D eigenvalue weighted by atomic mass is 10.1. The fraction of sp³-hybridized carbons (Fsp3) is 0.0556. The minimum atomic E-state index is -0.305. The van der Waals surface area contributed by atoms with Gasteiger partial charge in [0.05, 0.1) is 17.7 Å². The van der Waals surface area contributed by atoms with E-state index in [0.29, 0.717) is 16.4 Å². The van der Waals surface area contributed by atoms with Crippen LogP contribution >= 0.6 is 11.3 Å². The molecular weight excluding hydrogens is 322 g/mol. The molecule has 0 unspecified atom stereocenters. The van der Waals surface area contributed by atoms with Gasteiger partial charge in [0.1, 0.15) is 0 Å². The molecule has 3 rings (SSSR count). The lowest BCUT2D eigenvalue weighted by Gasteiger charge is -2.10. The van der Waals surface area contributed by atoms with Crippen molar-refractivity contribution in [3.8, 4) is 0 Å². The minimum Gasteiger partial charge on any atom is -0.325 e. The van der Waals surface area contributed by atoms with E-state index in [-0.39, 0.29) is 18.2 Å². The fourth-order valence-corrected chi connectivity index (χ4v) is 2.74. The molecule has 24 heavy (non-hydrogen) atoms. The van der Waals surface area contributed by atoms with Crippen molar-refractivity contribution in [1.29, 1.82) is 0 Å². The zero-order valence-corrected chi connectivity index (χ0v) is 13.5. The Bertz CT molecular complexity index is 832. The van der Waals surface area contributed by atoms with Crippen molar-refractivity contribution >= 4 is 34.0 Å². The van der Waals surface area contributed by atoms with E-state index in [1.807, 2.05) is 30.3 Å². The molecule has 5 nitrogen and oxygen atoms in total. The van der Waals surface area contributed by atoms with Gasteiger partial charge in [-0.25, -0.2) is 4.98 Å². The van der Waals surface area contributed by atoms with Crippen molar-refractivity contribution < 1.29 is 9.59 Å². The highest BCUT2D eigenvalue weighted by Crippen LogP contribution is 2.19. The van der Waals surface area contributed by atoms with Crippen molar-refractivity contribution in [1.82, 2.24) is 4.98 Å². The molecule has 0 aliphatic carbocycles. The average Bonchev–Trinajstić information content (AvgIpc) is 3.09. The smallest absolute Gasteiger partial charge is 0.259 e. The van der Waals surface area contributed by atoms with E-state index in [0.717, 1.165) is 5.56 Å². The summed E-state index contributed by atoms with van der Waals surface area (Å²) in [5, 5.41) is 7.82. The molecule has 0 saturated carbocycles. The number of thiazole rings is 1. The molecule has 2 amide bonds. The number of hydrogen-bond acceptors (Lipinski definition) is 4. The first-order chi connectivity index (χ1) is 11.7. The van der Waals surface area contributed by atoms with Crippen LogP contribution in [-0.4, -0.2) is 16.8 Å². The van der Waals surface area contributed by atoms with Crippen LogP contribution in [-0.2, 0) is 11.2 Å². The van der Waals surface area contributed by atoms with E-state index in [2.05, 4.69) is 15.6 Å². The first-order valence-electron chi connectivity index (χ1n) is 7.36. The predicted molar refractivity (Wildman–Crippen MR) is 95.3 cm³/mol. The highest BCUT2D eigenvalue weighted by Gasteiger charge is 2.14. The summed E-state index contributed by atoms with van der Waals surface area (Å²) in [5.41, 5.74) is 1.79. The quantitative estimate of drug-likeness (QED) is 0.747. The Labute approximate surface area is 143 Å². The van der Waals surface area contributed by atoms with Crippen LogP contribution in [0.3, 0.4) is 0 Å². The summed E-state index contributed by atoms with van der Waals surface area (Å²) in [6.45, 7) is 0. The first-order valence-corrected chi connectivity index (χ1v) is 8.24. The van der Waals surface area contributed by atoms with Crippen LogP contribution in [0.25, 0.3) is 0 Å². The summed E-state index contributed by atoms with van der Waals surface area (Å²) >= 11 is 1.34. The molecule has 0 aliphatic heterocycles. The SMILES string of the molecule is O=C(Cc1ccccc1)Nc1ccccc1C(=O)Nc1nccs1. The topological polar surface area (TPSA) is 71.1 Å². The van der Waals surface area contributed by atoms with Gasteiger partial charge in [0, 0.05) is 11.6 Å². The van der Waals surface area contributed by atoms with Crippen LogP contribution in [0, 0.1) is 0 Å². The number of carbonyl (C=O) groups is 2. The van der Waals surface area contributed by atoms with Gasteiger partial charge in [-0.2, -0.15) is 0 Å². The third-order valence-corrected chi connectivity index (χ3v) is 3.99. The number of nitrogens with one attached hydrogen (secondary N) is 2. The number of carbonyl (C=O) groups excluding carboxylic acids is 2. The normalized spacial score (nSPS) is 10.2. The van der Waals surface area contributed by atoms with Gasteiger partial charge in [-0.3, -0.25) is 14.9 Å². The minimum absolute atomic E-state index is 0.171. The van der Waals surface area contributed by atoms with E-state index >= 15 is 0 Å². The maximum absolute atomic E-state index is 12.4. The Hall–Kier alpha value is -2.99. The van der Waals surface area contributed by atoms with Crippen LogP contribution < -0.4 is 10.6 Å². The Balaban J connectivity index is 1.72. The Kier molecular flexibility index (Phi) is 4.98. The van der Waals surface area contributed by atoms with E-state index in [1.165, 1.54) is 11.3 Å². The lowest BCUT2D eigenvalue weighted by molar-refractivity contribution is -0.115. The van der Waals surface area contributed by atoms with E-state index < -0.39 is 0 Å². The van der Waals surface area contributed by atoms with E-state index in [4.69, 9.17) is 0 Å². The van der Waals surface area contributed by atoms with Gasteiger partial charge < -0.3 is 5.32 Å². The van der Waals surface area contributed by atoms with Crippen LogP contribution in [0.15, 0.2) is 66.2 Å². The summed E-state index contributed by atoms with van der Waals surface area (Å²) < 4.78 is 0. The molecule has 0 fully saturated rings. The van der Waals surface area contributed by atoms with Crippen LogP contribution in [0.1, 0.15) is 15.9 Å². The standard InChI is InChI=1S/C18H15N3O2S/c22-16(12-13-6-2-1-3-7-13)20-15-9-5-4-8-14(15)17(23)21-18-19-10-11-24-18/h1-11H,12H2,(H,20,22)(H,19,21,23). The third-order valence-electron chi connectivity index (χ3n) is 3.31. The van der Waals surface area contributed by atoms with Crippen LogP contribution in [0.4, 0.5) is 10.8 Å². The largest absolute Gasteiger partial charge is 0.325 e. The van der Waals surface area contributed by atoms with Crippen LogP contribution in [0.5, 0.6) is 0 Å². The zero-order chi connectivity index (χ0) is 16.8. The highest BCUT2D eigenvalue weighted by molar-refractivity contribution is 7.13. The maximum atomic E-state index is 12.4. The lowest BCUT2D eigenvalue weighted by Crippen LogP contribution is -2.19. The first kappa shape index (κ1) is 15.9. The number of anilines is 2. The Morgan fingerprint density at radius 3 is 2.46 bits per heavy atom. The summed E-state index contributed by atoms with van der Waals surface area (Å²) in [5.74, 6) is -0.476. The molecule has 2 N–H and O–H groups in total. The van der Waals surface area contributed by atoms with Gasteiger partial charge in [0.15, 0.2) is 5.13 Å². The van der Waals surface area contributed by atoms with Crippen molar-refractivity contribution in [2.24, 2.45) is 0 Å². The van der Waals surface area contributed by atoms with Crippen molar-refractivity contribution in [2.45, 2.75) is 6.42 Å². The van der Waals surface area contributed by atoms with Crippen molar-refractivity contribution in [3.63, 3.8) is 0 Å². The molecule has 6 heteroatoms. The number of rotatable bonds is 5. The zero-order valence-electron chi connectivity index (χ0n) is 12.7. The number of nitrogens with zero attached hydrogens (tertiary/aromatic N) is 1. The highest BCUT2D eigenvalue weighted by atomic mass is 32.1. The second-order valence-electron chi connectivity index (χ2n) is 5.05. The maximum Gasteiger partial charge on any atom is 0.259 e. The second-order valence-corrected chi connectivity index (χ2v) is 5.94. The number of amides is 2. The molecule has 0 bridgehead atoms. The molecule has 0 radical (unpaired) electrons. The predicted octanol–water partition coefficient (Wildman–Crippen LogP) is 3.58. The third kappa shape index (κ3) is 4.05. The molecule has 0 saturated heterocycles. The summed E-state index contributed by atoms with van der Waals surface area (Å²) in [7, 11) is 0. The number of benzene rings is 2. The van der Waals surface area contributed by atoms with Gasteiger partial charge in [0.2, 0.25) is 5.91 Å². The molecule has 0 atom stereocenters. The molecule has 0 aliphatic rings. The summed E-state index contributed by atoms with van der Waals surface area (Å²) in [4.78, 5) is 28.6. The van der Waals surface area contributed by atoms with E-state index in [9.17, 15) is 9.59 Å². The van der Waals surface area contributed by atoms with Gasteiger partial charge in [0.25, 0.3) is 5.91 Å². The number of para-hydroxylation sites is 1. The van der Waals surface area contributed by atoms with Gasteiger partial charge in [-0.15, -0.1) is 11.3 Å². The summed E-state index contributed by atoms with van der Waals surface area (Å²) in [6.07, 6.45) is 1.87. The number of hydrogen-bond donors (Lipinski definition) is 2. The Morgan fingerprint density at radius 1 is 0.958 bits per heavy atom. The second kappa shape index (κ2) is 7.52. The number of aromatic nitrogens is 1.